The third kappa shape index (κ3) is 3.35. The zero-order chi connectivity index (χ0) is 13.0. The smallest absolute Gasteiger partial charge is 0.149 e. The van der Waals surface area contributed by atoms with Crippen LogP contribution in [-0.4, -0.2) is 36.6 Å². The SMILES string of the molecule is Cc1ccnc(NCCC2CCN(C)CC2)c1N. The molecule has 2 heterocycles. The molecule has 3 N–H and O–H groups in total. The molecule has 0 bridgehead atoms. The number of pyridine rings is 1. The Labute approximate surface area is 110 Å². The topological polar surface area (TPSA) is 54.2 Å². The van der Waals surface area contributed by atoms with Gasteiger partial charge in [0.05, 0.1) is 5.69 Å². The van der Waals surface area contributed by atoms with Gasteiger partial charge in [-0.1, -0.05) is 0 Å². The second-order valence-corrected chi connectivity index (χ2v) is 5.35. The third-order valence-corrected chi connectivity index (χ3v) is 3.89. The van der Waals surface area contributed by atoms with E-state index < -0.39 is 0 Å². The van der Waals surface area contributed by atoms with E-state index in [1.54, 1.807) is 0 Å². The predicted octanol–water partition coefficient (Wildman–Crippen LogP) is 2.12. The van der Waals surface area contributed by atoms with E-state index in [2.05, 4.69) is 22.2 Å². The molecule has 1 aromatic rings. The third-order valence-electron chi connectivity index (χ3n) is 3.89. The lowest BCUT2D eigenvalue weighted by Crippen LogP contribution is -2.30. The largest absolute Gasteiger partial charge is 0.396 e. The number of hydrogen-bond donors (Lipinski definition) is 2. The van der Waals surface area contributed by atoms with Gasteiger partial charge >= 0.3 is 0 Å². The average Bonchev–Trinajstić information content (AvgIpc) is 2.37. The number of nitrogens with zero attached hydrogens (tertiary/aromatic N) is 2. The van der Waals surface area contributed by atoms with Crippen LogP contribution in [0.2, 0.25) is 0 Å². The summed E-state index contributed by atoms with van der Waals surface area (Å²) in [7, 11) is 2.20. The second kappa shape index (κ2) is 6.05. The Morgan fingerprint density at radius 2 is 2.17 bits per heavy atom. The van der Waals surface area contributed by atoms with Gasteiger partial charge in [0.15, 0.2) is 0 Å². The standard InChI is InChI=1S/C14H24N4/c1-11-3-7-16-14(13(11)15)17-8-4-12-5-9-18(2)10-6-12/h3,7,12H,4-6,8-10,15H2,1-2H3,(H,16,17). The van der Waals surface area contributed by atoms with E-state index in [4.69, 9.17) is 5.73 Å². The molecule has 1 aliphatic heterocycles. The van der Waals surface area contributed by atoms with Crippen molar-refractivity contribution >= 4 is 11.5 Å². The molecule has 1 aromatic heterocycles. The Morgan fingerprint density at radius 3 is 2.89 bits per heavy atom. The van der Waals surface area contributed by atoms with Gasteiger partial charge in [-0.3, -0.25) is 0 Å². The van der Waals surface area contributed by atoms with Crippen molar-refractivity contribution in [3.05, 3.63) is 17.8 Å². The van der Waals surface area contributed by atoms with Crippen LogP contribution in [0.3, 0.4) is 0 Å². The molecule has 0 radical (unpaired) electrons. The predicted molar refractivity (Wildman–Crippen MR) is 76.7 cm³/mol. The van der Waals surface area contributed by atoms with E-state index in [0.717, 1.165) is 29.5 Å². The quantitative estimate of drug-likeness (QED) is 0.857. The highest BCUT2D eigenvalue weighted by Crippen LogP contribution is 2.21. The number of piperidine rings is 1. The van der Waals surface area contributed by atoms with Crippen LogP contribution in [0, 0.1) is 12.8 Å². The number of nitrogens with two attached hydrogens (primary N) is 1. The molecular weight excluding hydrogens is 224 g/mol. The molecule has 1 fully saturated rings. The zero-order valence-electron chi connectivity index (χ0n) is 11.4. The number of likely N-dealkylation sites (tertiary alicyclic amines) is 1. The first-order chi connectivity index (χ1) is 8.66. The van der Waals surface area contributed by atoms with Crippen molar-refractivity contribution in [3.63, 3.8) is 0 Å². The van der Waals surface area contributed by atoms with E-state index in [1.807, 2.05) is 19.2 Å². The maximum atomic E-state index is 5.99. The molecule has 1 saturated heterocycles. The molecule has 0 saturated carbocycles. The molecule has 0 spiro atoms. The van der Waals surface area contributed by atoms with Crippen LogP contribution in [0.1, 0.15) is 24.8 Å². The summed E-state index contributed by atoms with van der Waals surface area (Å²) >= 11 is 0. The summed E-state index contributed by atoms with van der Waals surface area (Å²) < 4.78 is 0. The van der Waals surface area contributed by atoms with Crippen LogP contribution in [-0.2, 0) is 0 Å². The van der Waals surface area contributed by atoms with Gasteiger partial charge in [-0.05, 0) is 63.9 Å². The van der Waals surface area contributed by atoms with Crippen LogP contribution in [0.25, 0.3) is 0 Å². The number of aryl methyl sites for hydroxylation is 1. The first kappa shape index (κ1) is 13.1. The second-order valence-electron chi connectivity index (χ2n) is 5.35. The van der Waals surface area contributed by atoms with Crippen LogP contribution < -0.4 is 11.1 Å². The van der Waals surface area contributed by atoms with Crippen LogP contribution in [0.4, 0.5) is 11.5 Å². The summed E-state index contributed by atoms with van der Waals surface area (Å²) in [4.78, 5) is 6.70. The fourth-order valence-corrected chi connectivity index (χ4v) is 2.46. The van der Waals surface area contributed by atoms with E-state index >= 15 is 0 Å². The van der Waals surface area contributed by atoms with E-state index in [1.165, 1.54) is 32.4 Å². The Balaban J connectivity index is 1.77. The normalized spacial score (nSPS) is 17.9. The van der Waals surface area contributed by atoms with Crippen molar-refractivity contribution in [3.8, 4) is 0 Å². The summed E-state index contributed by atoms with van der Waals surface area (Å²) in [5, 5.41) is 3.36. The summed E-state index contributed by atoms with van der Waals surface area (Å²) in [6, 6.07) is 1.94. The van der Waals surface area contributed by atoms with Gasteiger partial charge in [0.25, 0.3) is 0 Å². The van der Waals surface area contributed by atoms with E-state index in [-0.39, 0.29) is 0 Å². The van der Waals surface area contributed by atoms with Crippen molar-refractivity contribution in [2.24, 2.45) is 5.92 Å². The van der Waals surface area contributed by atoms with Crippen molar-refractivity contribution in [2.45, 2.75) is 26.2 Å². The monoisotopic (exact) mass is 248 g/mol. The highest BCUT2D eigenvalue weighted by Gasteiger charge is 2.16. The van der Waals surface area contributed by atoms with E-state index in [9.17, 15) is 0 Å². The Hall–Kier alpha value is -1.29. The Kier molecular flexibility index (Phi) is 4.42. The minimum absolute atomic E-state index is 0.779. The molecule has 0 atom stereocenters. The molecular formula is C14H24N4. The minimum atomic E-state index is 0.779. The summed E-state index contributed by atoms with van der Waals surface area (Å²) in [5.41, 5.74) is 7.86. The number of nitrogens with one attached hydrogen (secondary N) is 1. The number of anilines is 2. The Bertz CT molecular complexity index is 383. The highest BCUT2D eigenvalue weighted by molar-refractivity contribution is 5.64. The van der Waals surface area contributed by atoms with Gasteiger partial charge in [-0.2, -0.15) is 0 Å². The fourth-order valence-electron chi connectivity index (χ4n) is 2.46. The van der Waals surface area contributed by atoms with Crippen molar-refractivity contribution in [2.75, 3.05) is 37.7 Å². The molecule has 0 amide bonds. The summed E-state index contributed by atoms with van der Waals surface area (Å²) in [6.07, 6.45) is 5.65. The lowest BCUT2D eigenvalue weighted by Gasteiger charge is -2.29. The number of nitrogen functional groups attached to an aromatic ring is 1. The highest BCUT2D eigenvalue weighted by atomic mass is 15.1. The van der Waals surface area contributed by atoms with Gasteiger partial charge in [0, 0.05) is 12.7 Å². The maximum absolute atomic E-state index is 5.99. The van der Waals surface area contributed by atoms with Crippen molar-refractivity contribution in [1.82, 2.24) is 9.88 Å². The lowest BCUT2D eigenvalue weighted by molar-refractivity contribution is 0.215. The number of aromatic nitrogens is 1. The van der Waals surface area contributed by atoms with Gasteiger partial charge in [0.2, 0.25) is 0 Å². The first-order valence-corrected chi connectivity index (χ1v) is 6.80. The number of hydrogen-bond acceptors (Lipinski definition) is 4. The Morgan fingerprint density at radius 1 is 1.44 bits per heavy atom. The molecule has 1 aliphatic rings. The maximum Gasteiger partial charge on any atom is 0.149 e. The van der Waals surface area contributed by atoms with Gasteiger partial charge < -0.3 is 16.0 Å². The average molecular weight is 248 g/mol. The minimum Gasteiger partial charge on any atom is -0.396 e. The molecule has 4 nitrogen and oxygen atoms in total. The fraction of sp³-hybridized carbons (Fsp3) is 0.643. The molecule has 18 heavy (non-hydrogen) atoms. The molecule has 100 valence electrons. The first-order valence-electron chi connectivity index (χ1n) is 6.80. The molecule has 2 rings (SSSR count). The summed E-state index contributed by atoms with van der Waals surface area (Å²) in [6.45, 7) is 5.44. The number of rotatable bonds is 4. The van der Waals surface area contributed by atoms with Gasteiger partial charge in [0.1, 0.15) is 5.82 Å². The molecule has 0 aliphatic carbocycles. The van der Waals surface area contributed by atoms with Crippen LogP contribution in [0.15, 0.2) is 12.3 Å². The molecule has 0 unspecified atom stereocenters. The van der Waals surface area contributed by atoms with Gasteiger partial charge in [-0.25, -0.2) is 4.98 Å². The lowest BCUT2D eigenvalue weighted by atomic mass is 9.94. The van der Waals surface area contributed by atoms with Crippen LogP contribution in [0.5, 0.6) is 0 Å². The molecule has 4 heteroatoms. The van der Waals surface area contributed by atoms with Gasteiger partial charge in [-0.15, -0.1) is 0 Å². The summed E-state index contributed by atoms with van der Waals surface area (Å²) in [5.74, 6) is 1.68. The van der Waals surface area contributed by atoms with Crippen molar-refractivity contribution in [1.29, 1.82) is 0 Å². The van der Waals surface area contributed by atoms with Crippen LogP contribution >= 0.6 is 0 Å². The van der Waals surface area contributed by atoms with E-state index in [0.29, 0.717) is 0 Å². The van der Waals surface area contributed by atoms with Crippen molar-refractivity contribution < 1.29 is 0 Å². The molecule has 0 aromatic carbocycles. The zero-order valence-corrected chi connectivity index (χ0v) is 11.4.